The Morgan fingerprint density at radius 1 is 1.33 bits per heavy atom. The Morgan fingerprint density at radius 2 is 2.00 bits per heavy atom. The van der Waals surface area contributed by atoms with Crippen LogP contribution in [0.2, 0.25) is 0 Å². The zero-order valence-corrected chi connectivity index (χ0v) is 7.84. The van der Waals surface area contributed by atoms with Gasteiger partial charge in [-0.1, -0.05) is 24.3 Å². The highest BCUT2D eigenvalue weighted by Crippen LogP contribution is 2.25. The first kappa shape index (κ1) is 9.49. The quantitative estimate of drug-likeness (QED) is 0.667. The minimum Gasteiger partial charge on any atom is -0.380 e. The molecule has 0 aliphatic heterocycles. The average molecular weight is 167 g/mol. The van der Waals surface area contributed by atoms with Crippen molar-refractivity contribution in [2.75, 3.05) is 26.8 Å². The van der Waals surface area contributed by atoms with Crippen LogP contribution in [0.1, 0.15) is 6.92 Å². The summed E-state index contributed by atoms with van der Waals surface area (Å²) >= 11 is 0. The Balaban J connectivity index is 2.48. The van der Waals surface area contributed by atoms with Gasteiger partial charge in [0.2, 0.25) is 0 Å². The molecule has 0 heterocycles. The number of rotatable bonds is 5. The minimum absolute atomic E-state index is 0.102. The molecule has 0 aromatic carbocycles. The van der Waals surface area contributed by atoms with Gasteiger partial charge in [-0.25, -0.2) is 0 Å². The monoisotopic (exact) mass is 167 g/mol. The molecule has 1 rings (SSSR count). The van der Waals surface area contributed by atoms with Gasteiger partial charge in [0.1, 0.15) is 0 Å². The summed E-state index contributed by atoms with van der Waals surface area (Å²) in [5, 5.41) is 3.18. The third-order valence-corrected chi connectivity index (χ3v) is 2.05. The minimum atomic E-state index is 0.102. The van der Waals surface area contributed by atoms with Gasteiger partial charge in [0.25, 0.3) is 0 Å². The van der Waals surface area contributed by atoms with Gasteiger partial charge >= 0.3 is 0 Å². The number of allylic oxidation sites excluding steroid dienone is 2. The Bertz CT molecular complexity index is 172. The number of hydrogen-bond acceptors (Lipinski definition) is 2. The molecule has 0 fully saturated rings. The van der Waals surface area contributed by atoms with Crippen LogP contribution in [0.4, 0.5) is 0 Å². The van der Waals surface area contributed by atoms with Crippen molar-refractivity contribution in [1.29, 1.82) is 0 Å². The van der Waals surface area contributed by atoms with Crippen LogP contribution >= 0.6 is 0 Å². The van der Waals surface area contributed by atoms with Crippen LogP contribution in [0.5, 0.6) is 0 Å². The van der Waals surface area contributed by atoms with Crippen molar-refractivity contribution in [1.82, 2.24) is 5.32 Å². The number of hydrogen-bond donors (Lipinski definition) is 1. The molecular formula is C10H17NO. The van der Waals surface area contributed by atoms with Gasteiger partial charge in [-0.05, 0) is 14.0 Å². The molecule has 2 heteroatoms. The third-order valence-electron chi connectivity index (χ3n) is 2.05. The molecule has 0 aromatic heterocycles. The van der Waals surface area contributed by atoms with Crippen molar-refractivity contribution < 1.29 is 4.74 Å². The van der Waals surface area contributed by atoms with Gasteiger partial charge in [0, 0.05) is 18.6 Å². The van der Waals surface area contributed by atoms with Crippen molar-refractivity contribution in [2.45, 2.75) is 6.92 Å². The van der Waals surface area contributed by atoms with Gasteiger partial charge in [-0.3, -0.25) is 0 Å². The largest absolute Gasteiger partial charge is 0.380 e. The van der Waals surface area contributed by atoms with Gasteiger partial charge in [-0.2, -0.15) is 0 Å². The Labute approximate surface area is 74.3 Å². The first-order chi connectivity index (χ1) is 5.83. The molecular weight excluding hydrogens is 150 g/mol. The van der Waals surface area contributed by atoms with Crippen LogP contribution in [-0.4, -0.2) is 26.8 Å². The highest BCUT2D eigenvalue weighted by atomic mass is 16.5. The average Bonchev–Trinajstić information content (AvgIpc) is 2.51. The second kappa shape index (κ2) is 4.43. The van der Waals surface area contributed by atoms with E-state index < -0.39 is 0 Å². The summed E-state index contributed by atoms with van der Waals surface area (Å²) in [6.07, 6.45) is 8.55. The van der Waals surface area contributed by atoms with Crippen LogP contribution in [0.3, 0.4) is 0 Å². The first-order valence-electron chi connectivity index (χ1n) is 4.42. The van der Waals surface area contributed by atoms with Crippen molar-refractivity contribution in [3.8, 4) is 0 Å². The predicted octanol–water partition coefficient (Wildman–Crippen LogP) is 1.35. The van der Waals surface area contributed by atoms with E-state index in [1.54, 1.807) is 0 Å². The highest BCUT2D eigenvalue weighted by molar-refractivity contribution is 5.25. The molecule has 0 radical (unpaired) electrons. The molecule has 0 unspecified atom stereocenters. The summed E-state index contributed by atoms with van der Waals surface area (Å²) in [5.74, 6) is 0. The maximum Gasteiger partial charge on any atom is 0.0604 e. The van der Waals surface area contributed by atoms with Crippen LogP contribution < -0.4 is 5.32 Å². The van der Waals surface area contributed by atoms with E-state index in [9.17, 15) is 0 Å². The maximum atomic E-state index is 5.43. The number of nitrogens with one attached hydrogen (secondary N) is 1. The molecule has 0 amide bonds. The molecule has 1 N–H and O–H groups in total. The standard InChI is InChI=1S/C10H17NO/c1-3-12-9-10(8-11-2)6-4-5-7-10/h4-7,11H,3,8-9H2,1-2H3. The Kier molecular flexibility index (Phi) is 3.50. The van der Waals surface area contributed by atoms with E-state index >= 15 is 0 Å². The van der Waals surface area contributed by atoms with Crippen molar-refractivity contribution in [2.24, 2.45) is 5.41 Å². The van der Waals surface area contributed by atoms with E-state index in [1.165, 1.54) is 0 Å². The summed E-state index contributed by atoms with van der Waals surface area (Å²) in [4.78, 5) is 0. The van der Waals surface area contributed by atoms with E-state index in [0.29, 0.717) is 0 Å². The first-order valence-corrected chi connectivity index (χ1v) is 4.42. The third kappa shape index (κ3) is 2.19. The molecule has 0 atom stereocenters. The summed E-state index contributed by atoms with van der Waals surface area (Å²) < 4.78 is 5.43. The van der Waals surface area contributed by atoms with Crippen LogP contribution in [0.25, 0.3) is 0 Å². The predicted molar refractivity (Wildman–Crippen MR) is 51.1 cm³/mol. The molecule has 68 valence electrons. The fourth-order valence-corrected chi connectivity index (χ4v) is 1.44. The van der Waals surface area contributed by atoms with E-state index in [4.69, 9.17) is 4.74 Å². The lowest BCUT2D eigenvalue weighted by molar-refractivity contribution is 0.0990. The SMILES string of the molecule is CCOCC1(CNC)C=CC=C1. The van der Waals surface area contributed by atoms with Gasteiger partial charge in [-0.15, -0.1) is 0 Å². The molecule has 1 aliphatic carbocycles. The Morgan fingerprint density at radius 3 is 2.50 bits per heavy atom. The topological polar surface area (TPSA) is 21.3 Å². The summed E-state index contributed by atoms with van der Waals surface area (Å²) in [6, 6.07) is 0. The molecule has 0 spiro atoms. The maximum absolute atomic E-state index is 5.43. The van der Waals surface area contributed by atoms with E-state index in [0.717, 1.165) is 19.8 Å². The number of ether oxygens (including phenoxy) is 1. The van der Waals surface area contributed by atoms with Gasteiger partial charge in [0.15, 0.2) is 0 Å². The molecule has 0 saturated heterocycles. The lowest BCUT2D eigenvalue weighted by atomic mass is 9.91. The second-order valence-electron chi connectivity index (χ2n) is 3.12. The molecule has 2 nitrogen and oxygen atoms in total. The summed E-state index contributed by atoms with van der Waals surface area (Å²) in [5.41, 5.74) is 0.102. The lowest BCUT2D eigenvalue weighted by Gasteiger charge is -2.24. The fraction of sp³-hybridized carbons (Fsp3) is 0.600. The van der Waals surface area contributed by atoms with Gasteiger partial charge in [0.05, 0.1) is 6.61 Å². The fourth-order valence-electron chi connectivity index (χ4n) is 1.44. The van der Waals surface area contributed by atoms with E-state index in [1.807, 2.05) is 14.0 Å². The summed E-state index contributed by atoms with van der Waals surface area (Å²) in [7, 11) is 1.97. The molecule has 12 heavy (non-hydrogen) atoms. The zero-order valence-electron chi connectivity index (χ0n) is 7.84. The van der Waals surface area contributed by atoms with Gasteiger partial charge < -0.3 is 10.1 Å². The second-order valence-corrected chi connectivity index (χ2v) is 3.12. The van der Waals surface area contributed by atoms with E-state index in [2.05, 4.69) is 29.6 Å². The normalized spacial score (nSPS) is 18.8. The molecule has 0 aromatic rings. The summed E-state index contributed by atoms with van der Waals surface area (Å²) in [6.45, 7) is 4.53. The highest BCUT2D eigenvalue weighted by Gasteiger charge is 2.25. The van der Waals surface area contributed by atoms with Crippen molar-refractivity contribution in [3.63, 3.8) is 0 Å². The smallest absolute Gasteiger partial charge is 0.0604 e. The van der Waals surface area contributed by atoms with E-state index in [-0.39, 0.29) is 5.41 Å². The van der Waals surface area contributed by atoms with Crippen molar-refractivity contribution in [3.05, 3.63) is 24.3 Å². The molecule has 0 bridgehead atoms. The van der Waals surface area contributed by atoms with Crippen LogP contribution in [0.15, 0.2) is 24.3 Å². The Hall–Kier alpha value is -0.600. The van der Waals surface area contributed by atoms with Crippen LogP contribution in [-0.2, 0) is 4.74 Å². The molecule has 0 saturated carbocycles. The molecule has 1 aliphatic rings. The van der Waals surface area contributed by atoms with Crippen LogP contribution in [0, 0.1) is 5.41 Å². The van der Waals surface area contributed by atoms with Crippen molar-refractivity contribution >= 4 is 0 Å². The lowest BCUT2D eigenvalue weighted by Crippen LogP contribution is -2.32. The zero-order chi connectivity index (χ0) is 8.86.